The van der Waals surface area contributed by atoms with Crippen LogP contribution in [-0.4, -0.2) is 51.5 Å². The zero-order chi connectivity index (χ0) is 13.5. The van der Waals surface area contributed by atoms with E-state index in [-0.39, 0.29) is 0 Å². The van der Waals surface area contributed by atoms with Gasteiger partial charge in [0, 0.05) is 31.7 Å². The number of hydrogen-bond acceptors (Lipinski definition) is 5. The normalized spacial score (nSPS) is 16.3. The lowest BCUT2D eigenvalue weighted by molar-refractivity contribution is 0.0320. The molecule has 0 atom stereocenters. The number of methoxy groups -OCH3 is 1. The summed E-state index contributed by atoms with van der Waals surface area (Å²) in [6.45, 7) is 5.53. The summed E-state index contributed by atoms with van der Waals surface area (Å²) in [5.41, 5.74) is 6.70. The van der Waals surface area contributed by atoms with Gasteiger partial charge in [0.15, 0.2) is 11.5 Å². The highest BCUT2D eigenvalue weighted by Crippen LogP contribution is 2.30. The number of morpholine rings is 1. The number of hydrogen-bond donors (Lipinski definition) is 1. The van der Waals surface area contributed by atoms with Crippen molar-refractivity contribution in [1.82, 2.24) is 4.90 Å². The molecule has 1 aromatic rings. The number of nitrogens with two attached hydrogens (primary N) is 1. The lowest BCUT2D eigenvalue weighted by Crippen LogP contribution is -2.38. The van der Waals surface area contributed by atoms with E-state index >= 15 is 0 Å². The molecule has 2 N–H and O–H groups in total. The molecule has 1 saturated heterocycles. The van der Waals surface area contributed by atoms with E-state index < -0.39 is 0 Å². The molecule has 0 radical (unpaired) electrons. The van der Waals surface area contributed by atoms with Gasteiger partial charge in [-0.15, -0.1) is 0 Å². The van der Waals surface area contributed by atoms with Crippen LogP contribution in [0.5, 0.6) is 11.5 Å². The van der Waals surface area contributed by atoms with Crippen molar-refractivity contribution >= 4 is 0 Å². The summed E-state index contributed by atoms with van der Waals surface area (Å²) in [5.74, 6) is 1.51. The molecule has 0 saturated carbocycles. The highest BCUT2D eigenvalue weighted by Gasteiger charge is 2.12. The molecule has 19 heavy (non-hydrogen) atoms. The van der Waals surface area contributed by atoms with Crippen LogP contribution in [-0.2, 0) is 11.3 Å². The number of ether oxygens (including phenoxy) is 3. The molecule has 0 bridgehead atoms. The van der Waals surface area contributed by atoms with Crippen molar-refractivity contribution in [2.75, 3.05) is 46.6 Å². The Morgan fingerprint density at radius 2 is 2.11 bits per heavy atom. The van der Waals surface area contributed by atoms with Crippen molar-refractivity contribution in [1.29, 1.82) is 0 Å². The van der Waals surface area contributed by atoms with Gasteiger partial charge >= 0.3 is 0 Å². The fraction of sp³-hybridized carbons (Fsp3) is 0.571. The van der Waals surface area contributed by atoms with Crippen LogP contribution in [0.15, 0.2) is 18.2 Å². The van der Waals surface area contributed by atoms with Crippen molar-refractivity contribution in [2.24, 2.45) is 5.73 Å². The Morgan fingerprint density at radius 1 is 1.32 bits per heavy atom. The maximum atomic E-state index is 5.87. The van der Waals surface area contributed by atoms with Crippen LogP contribution in [0, 0.1) is 0 Å². The fourth-order valence-electron chi connectivity index (χ4n) is 2.15. The average Bonchev–Trinajstić information content (AvgIpc) is 2.48. The van der Waals surface area contributed by atoms with Gasteiger partial charge in [0.25, 0.3) is 0 Å². The molecule has 1 heterocycles. The van der Waals surface area contributed by atoms with Gasteiger partial charge in [-0.1, -0.05) is 12.1 Å². The van der Waals surface area contributed by atoms with Crippen LogP contribution in [0.1, 0.15) is 5.56 Å². The maximum Gasteiger partial charge on any atom is 0.165 e. The molecule has 5 nitrogen and oxygen atoms in total. The highest BCUT2D eigenvalue weighted by molar-refractivity contribution is 5.46. The molecule has 0 aromatic heterocycles. The van der Waals surface area contributed by atoms with Crippen LogP contribution in [0.4, 0.5) is 0 Å². The van der Waals surface area contributed by atoms with E-state index in [2.05, 4.69) is 4.90 Å². The molecule has 1 aromatic carbocycles. The molecule has 1 fully saturated rings. The van der Waals surface area contributed by atoms with E-state index in [0.29, 0.717) is 13.2 Å². The predicted molar refractivity (Wildman–Crippen MR) is 73.6 cm³/mol. The summed E-state index contributed by atoms with van der Waals surface area (Å²) in [5, 5.41) is 0. The molecule has 0 spiro atoms. The largest absolute Gasteiger partial charge is 0.493 e. The molecule has 106 valence electrons. The quantitative estimate of drug-likeness (QED) is 0.828. The Morgan fingerprint density at radius 3 is 2.79 bits per heavy atom. The Kier molecular flexibility index (Phi) is 5.44. The third-order valence-corrected chi connectivity index (χ3v) is 3.26. The summed E-state index contributed by atoms with van der Waals surface area (Å²) >= 11 is 0. The molecule has 5 heteroatoms. The van der Waals surface area contributed by atoms with E-state index in [1.807, 2.05) is 18.2 Å². The van der Waals surface area contributed by atoms with E-state index in [9.17, 15) is 0 Å². The van der Waals surface area contributed by atoms with Crippen LogP contribution >= 0.6 is 0 Å². The highest BCUT2D eigenvalue weighted by atomic mass is 16.5. The predicted octanol–water partition coefficient (Wildman–Crippen LogP) is 0.865. The maximum absolute atomic E-state index is 5.87. The molecule has 1 aliphatic heterocycles. The Bertz CT molecular complexity index is 370. The third-order valence-electron chi connectivity index (χ3n) is 3.26. The standard InChI is InChI=1S/C14H22N2O3/c1-17-13-4-2-3-12(11-15)14(13)19-10-7-16-5-8-18-9-6-16/h2-4H,5-11,15H2,1H3. The van der Waals surface area contributed by atoms with E-state index in [0.717, 1.165) is 49.9 Å². The van der Waals surface area contributed by atoms with Crippen molar-refractivity contribution in [3.05, 3.63) is 23.8 Å². The van der Waals surface area contributed by atoms with Crippen LogP contribution in [0.2, 0.25) is 0 Å². The molecule has 0 amide bonds. The average molecular weight is 266 g/mol. The van der Waals surface area contributed by atoms with E-state index in [1.54, 1.807) is 7.11 Å². The minimum Gasteiger partial charge on any atom is -0.493 e. The molecule has 0 unspecified atom stereocenters. The van der Waals surface area contributed by atoms with Gasteiger partial charge in [-0.25, -0.2) is 0 Å². The SMILES string of the molecule is COc1cccc(CN)c1OCCN1CCOCC1. The summed E-state index contributed by atoms with van der Waals surface area (Å²) in [4.78, 5) is 2.33. The monoisotopic (exact) mass is 266 g/mol. The fourth-order valence-corrected chi connectivity index (χ4v) is 2.15. The van der Waals surface area contributed by atoms with Gasteiger partial charge in [-0.3, -0.25) is 4.90 Å². The number of para-hydroxylation sites is 1. The molecule has 2 rings (SSSR count). The summed E-state index contributed by atoms with van der Waals surface area (Å²) in [7, 11) is 1.64. The topological polar surface area (TPSA) is 57.0 Å². The Labute approximate surface area is 114 Å². The van der Waals surface area contributed by atoms with Gasteiger partial charge in [0.2, 0.25) is 0 Å². The van der Waals surface area contributed by atoms with Crippen LogP contribution in [0.25, 0.3) is 0 Å². The first-order valence-electron chi connectivity index (χ1n) is 6.64. The van der Waals surface area contributed by atoms with Crippen molar-refractivity contribution in [2.45, 2.75) is 6.54 Å². The molecule has 1 aliphatic rings. The lowest BCUT2D eigenvalue weighted by atomic mass is 10.2. The Balaban J connectivity index is 1.90. The second kappa shape index (κ2) is 7.33. The third kappa shape index (κ3) is 3.83. The van der Waals surface area contributed by atoms with E-state index in [4.69, 9.17) is 19.9 Å². The van der Waals surface area contributed by atoms with Gasteiger partial charge in [-0.05, 0) is 6.07 Å². The second-order valence-corrected chi connectivity index (χ2v) is 4.46. The second-order valence-electron chi connectivity index (χ2n) is 4.46. The smallest absolute Gasteiger partial charge is 0.165 e. The lowest BCUT2D eigenvalue weighted by Gasteiger charge is -2.26. The van der Waals surface area contributed by atoms with E-state index in [1.165, 1.54) is 0 Å². The van der Waals surface area contributed by atoms with Gasteiger partial charge in [0.05, 0.1) is 20.3 Å². The van der Waals surface area contributed by atoms with Gasteiger partial charge in [0.1, 0.15) is 6.61 Å². The summed E-state index contributed by atoms with van der Waals surface area (Å²) in [6.07, 6.45) is 0. The van der Waals surface area contributed by atoms with Crippen LogP contribution in [0.3, 0.4) is 0 Å². The van der Waals surface area contributed by atoms with Gasteiger partial charge in [-0.2, -0.15) is 0 Å². The van der Waals surface area contributed by atoms with Crippen molar-refractivity contribution in [3.8, 4) is 11.5 Å². The minimum atomic E-state index is 0.448. The summed E-state index contributed by atoms with van der Waals surface area (Å²) in [6, 6.07) is 5.78. The summed E-state index contributed by atoms with van der Waals surface area (Å²) < 4.78 is 16.5. The molecular weight excluding hydrogens is 244 g/mol. The number of nitrogens with zero attached hydrogens (tertiary/aromatic N) is 1. The minimum absolute atomic E-state index is 0.448. The number of benzene rings is 1. The van der Waals surface area contributed by atoms with Crippen LogP contribution < -0.4 is 15.2 Å². The van der Waals surface area contributed by atoms with Crippen molar-refractivity contribution in [3.63, 3.8) is 0 Å². The Hall–Kier alpha value is -1.30. The molecular formula is C14H22N2O3. The number of rotatable bonds is 6. The zero-order valence-electron chi connectivity index (χ0n) is 11.4. The zero-order valence-corrected chi connectivity index (χ0v) is 11.4. The van der Waals surface area contributed by atoms with Gasteiger partial charge < -0.3 is 19.9 Å². The molecule has 0 aliphatic carbocycles. The van der Waals surface area contributed by atoms with Crippen molar-refractivity contribution < 1.29 is 14.2 Å². The first kappa shape index (κ1) is 14.1. The first-order valence-corrected chi connectivity index (χ1v) is 6.64. The first-order chi connectivity index (χ1) is 9.35.